The van der Waals surface area contributed by atoms with Gasteiger partial charge in [-0.2, -0.15) is 0 Å². The number of nitrogens with zero attached hydrogens (tertiary/aromatic N) is 2. The molecule has 0 fully saturated rings. The summed E-state index contributed by atoms with van der Waals surface area (Å²) in [4.78, 5) is 0. The zero-order valence-electron chi connectivity index (χ0n) is 7.99. The van der Waals surface area contributed by atoms with Gasteiger partial charge >= 0.3 is 0 Å². The third-order valence-electron chi connectivity index (χ3n) is 1.44. The molecule has 0 bridgehead atoms. The summed E-state index contributed by atoms with van der Waals surface area (Å²) >= 11 is 3.39. The lowest BCUT2D eigenvalue weighted by Crippen LogP contribution is -2.23. The van der Waals surface area contributed by atoms with Crippen LogP contribution >= 0.6 is 23.1 Å². The molecule has 13 heavy (non-hydrogen) atoms. The van der Waals surface area contributed by atoms with Gasteiger partial charge in [0.15, 0.2) is 4.34 Å². The Labute approximate surface area is 87.3 Å². The van der Waals surface area contributed by atoms with E-state index in [4.69, 9.17) is 0 Å². The quantitative estimate of drug-likeness (QED) is 0.584. The van der Waals surface area contributed by atoms with Crippen LogP contribution in [0.25, 0.3) is 0 Å². The number of aromatic nitrogens is 2. The van der Waals surface area contributed by atoms with Gasteiger partial charge in [0, 0.05) is 11.8 Å². The molecule has 0 atom stereocenters. The van der Waals surface area contributed by atoms with Crippen LogP contribution in [-0.4, -0.2) is 28.5 Å². The smallest absolute Gasteiger partial charge is 0.174 e. The summed E-state index contributed by atoms with van der Waals surface area (Å²) in [6.07, 6.45) is 1.18. The number of nitrogens with one attached hydrogen (secondary N) is 1. The Hall–Kier alpha value is -0.130. The van der Waals surface area contributed by atoms with Crippen LogP contribution in [0, 0.1) is 0 Å². The van der Waals surface area contributed by atoms with Gasteiger partial charge in [-0.05, 0) is 13.0 Å². The van der Waals surface area contributed by atoms with Gasteiger partial charge in [0.25, 0.3) is 0 Å². The van der Waals surface area contributed by atoms with Crippen molar-refractivity contribution in [2.75, 3.05) is 12.3 Å². The summed E-state index contributed by atoms with van der Waals surface area (Å²) in [7, 11) is 0. The van der Waals surface area contributed by atoms with Gasteiger partial charge in [0.05, 0.1) is 0 Å². The average Bonchev–Trinajstić information content (AvgIpc) is 2.55. The zero-order valence-corrected chi connectivity index (χ0v) is 9.62. The van der Waals surface area contributed by atoms with E-state index in [1.807, 2.05) is 0 Å². The molecule has 0 saturated heterocycles. The first-order chi connectivity index (χ1) is 6.29. The Morgan fingerprint density at radius 2 is 2.46 bits per heavy atom. The third-order valence-corrected chi connectivity index (χ3v) is 3.39. The van der Waals surface area contributed by atoms with Crippen molar-refractivity contribution in [2.45, 2.75) is 30.6 Å². The second-order valence-corrected chi connectivity index (χ2v) is 5.19. The molecule has 0 amide bonds. The fourth-order valence-corrected chi connectivity index (χ4v) is 2.35. The van der Waals surface area contributed by atoms with Crippen LogP contribution in [0.1, 0.15) is 20.3 Å². The van der Waals surface area contributed by atoms with Crippen LogP contribution in [0.4, 0.5) is 0 Å². The number of rotatable bonds is 6. The van der Waals surface area contributed by atoms with Gasteiger partial charge in [-0.25, -0.2) is 0 Å². The highest BCUT2D eigenvalue weighted by molar-refractivity contribution is 8.00. The number of hydrogen-bond acceptors (Lipinski definition) is 5. The Balaban J connectivity index is 1.96. The topological polar surface area (TPSA) is 37.8 Å². The normalized spacial score (nSPS) is 11.0. The second-order valence-electron chi connectivity index (χ2n) is 3.02. The molecule has 1 rings (SSSR count). The first-order valence-electron chi connectivity index (χ1n) is 4.41. The summed E-state index contributed by atoms with van der Waals surface area (Å²) in [5.41, 5.74) is 1.77. The lowest BCUT2D eigenvalue weighted by atomic mass is 10.4. The van der Waals surface area contributed by atoms with Gasteiger partial charge in [-0.3, -0.25) is 0 Å². The molecule has 1 aromatic heterocycles. The molecule has 0 aliphatic heterocycles. The monoisotopic (exact) mass is 217 g/mol. The minimum atomic E-state index is 0.589. The number of thioether (sulfide) groups is 1. The van der Waals surface area contributed by atoms with Gasteiger partial charge in [-0.15, -0.1) is 10.2 Å². The Kier molecular flexibility index (Phi) is 5.34. The van der Waals surface area contributed by atoms with Crippen LogP contribution in [0.3, 0.4) is 0 Å². The molecular formula is C8H15N3S2. The third kappa shape index (κ3) is 5.23. The van der Waals surface area contributed by atoms with E-state index < -0.39 is 0 Å². The molecule has 0 unspecified atom stereocenters. The predicted octanol–water partition coefficient (Wildman–Crippen LogP) is 2.02. The van der Waals surface area contributed by atoms with E-state index in [0.717, 1.165) is 16.6 Å². The maximum Gasteiger partial charge on any atom is 0.174 e. The summed E-state index contributed by atoms with van der Waals surface area (Å²) in [6, 6.07) is 0.589. The van der Waals surface area contributed by atoms with E-state index in [0.29, 0.717) is 6.04 Å². The fraction of sp³-hybridized carbons (Fsp3) is 0.750. The van der Waals surface area contributed by atoms with Crippen LogP contribution in [0.15, 0.2) is 9.85 Å². The maximum absolute atomic E-state index is 3.96. The molecule has 5 heteroatoms. The highest BCUT2D eigenvalue weighted by Gasteiger charge is 1.97. The lowest BCUT2D eigenvalue weighted by molar-refractivity contribution is 0.586. The predicted molar refractivity (Wildman–Crippen MR) is 58.4 cm³/mol. The largest absolute Gasteiger partial charge is 0.315 e. The van der Waals surface area contributed by atoms with Crippen molar-refractivity contribution in [3.05, 3.63) is 5.51 Å². The van der Waals surface area contributed by atoms with Crippen molar-refractivity contribution < 1.29 is 0 Å². The van der Waals surface area contributed by atoms with E-state index in [1.54, 1.807) is 28.6 Å². The van der Waals surface area contributed by atoms with Crippen molar-refractivity contribution in [3.8, 4) is 0 Å². The Morgan fingerprint density at radius 1 is 1.62 bits per heavy atom. The summed E-state index contributed by atoms with van der Waals surface area (Å²) < 4.78 is 1.07. The van der Waals surface area contributed by atoms with Crippen LogP contribution in [-0.2, 0) is 0 Å². The number of hydrogen-bond donors (Lipinski definition) is 1. The summed E-state index contributed by atoms with van der Waals surface area (Å²) in [5.74, 6) is 1.12. The van der Waals surface area contributed by atoms with Crippen molar-refractivity contribution in [1.82, 2.24) is 15.5 Å². The molecule has 74 valence electrons. The SMILES string of the molecule is CC(C)NCCCSc1nncs1. The first kappa shape index (κ1) is 10.9. The molecule has 0 aliphatic carbocycles. The first-order valence-corrected chi connectivity index (χ1v) is 6.28. The summed E-state index contributed by atoms with van der Waals surface area (Å²) in [5, 5.41) is 11.1. The van der Waals surface area contributed by atoms with E-state index in [1.165, 1.54) is 6.42 Å². The molecule has 0 radical (unpaired) electrons. The molecule has 3 nitrogen and oxygen atoms in total. The van der Waals surface area contributed by atoms with Gasteiger partial charge < -0.3 is 5.32 Å². The van der Waals surface area contributed by atoms with E-state index in [-0.39, 0.29) is 0 Å². The molecular weight excluding hydrogens is 202 g/mol. The zero-order chi connectivity index (χ0) is 9.52. The summed E-state index contributed by atoms with van der Waals surface area (Å²) in [6.45, 7) is 5.42. The van der Waals surface area contributed by atoms with Crippen molar-refractivity contribution in [1.29, 1.82) is 0 Å². The molecule has 1 N–H and O–H groups in total. The van der Waals surface area contributed by atoms with Crippen molar-refractivity contribution in [3.63, 3.8) is 0 Å². The standard InChI is InChI=1S/C8H15N3S2/c1-7(2)9-4-3-5-12-8-11-10-6-13-8/h6-7,9H,3-5H2,1-2H3. The highest BCUT2D eigenvalue weighted by atomic mass is 32.2. The Morgan fingerprint density at radius 3 is 3.08 bits per heavy atom. The fourth-order valence-electron chi connectivity index (χ4n) is 0.848. The molecule has 1 aromatic rings. The maximum atomic E-state index is 3.96. The van der Waals surface area contributed by atoms with Crippen LogP contribution in [0.5, 0.6) is 0 Å². The van der Waals surface area contributed by atoms with Gasteiger partial charge in [-0.1, -0.05) is 36.9 Å². The van der Waals surface area contributed by atoms with Gasteiger partial charge in [0.1, 0.15) is 5.51 Å². The molecule has 1 heterocycles. The van der Waals surface area contributed by atoms with Crippen LogP contribution < -0.4 is 5.32 Å². The average molecular weight is 217 g/mol. The second kappa shape index (κ2) is 6.34. The van der Waals surface area contributed by atoms with Crippen LogP contribution in [0.2, 0.25) is 0 Å². The lowest BCUT2D eigenvalue weighted by Gasteiger charge is -2.06. The van der Waals surface area contributed by atoms with E-state index in [9.17, 15) is 0 Å². The van der Waals surface area contributed by atoms with Crippen molar-refractivity contribution >= 4 is 23.1 Å². The van der Waals surface area contributed by atoms with Gasteiger partial charge in [0.2, 0.25) is 0 Å². The minimum absolute atomic E-state index is 0.589. The minimum Gasteiger partial charge on any atom is -0.315 e. The Bertz CT molecular complexity index is 211. The molecule has 0 spiro atoms. The van der Waals surface area contributed by atoms with E-state index in [2.05, 4.69) is 29.4 Å². The van der Waals surface area contributed by atoms with Crippen molar-refractivity contribution in [2.24, 2.45) is 0 Å². The molecule has 0 aliphatic rings. The molecule has 0 saturated carbocycles. The van der Waals surface area contributed by atoms with E-state index >= 15 is 0 Å². The highest BCUT2D eigenvalue weighted by Crippen LogP contribution is 2.18. The molecule has 0 aromatic carbocycles.